The molecule has 0 saturated heterocycles. The molecule has 3 heteroatoms. The minimum Gasteiger partial charge on any atom is -0.153 e. The van der Waals surface area contributed by atoms with Crippen molar-refractivity contribution in [3.8, 4) is 0 Å². The van der Waals surface area contributed by atoms with Crippen molar-refractivity contribution in [1.82, 2.24) is 0 Å². The molecule has 48 valence electrons. The summed E-state index contributed by atoms with van der Waals surface area (Å²) in [5, 5.41) is 0. The molecule has 0 aromatic carbocycles. The fourth-order valence-electron chi connectivity index (χ4n) is 0.250. The van der Waals surface area contributed by atoms with Crippen LogP contribution in [0.1, 0.15) is 25.7 Å². The summed E-state index contributed by atoms with van der Waals surface area (Å²) < 4.78 is 0. The summed E-state index contributed by atoms with van der Waals surface area (Å²) in [6.45, 7) is 0. The van der Waals surface area contributed by atoms with Crippen LogP contribution in [-0.2, 0) is 0 Å². The van der Waals surface area contributed by atoms with Crippen LogP contribution in [0, 0.1) is 0 Å². The summed E-state index contributed by atoms with van der Waals surface area (Å²) in [5.74, 6) is 0. The van der Waals surface area contributed by atoms with E-state index in [1.807, 2.05) is 0 Å². The van der Waals surface area contributed by atoms with Crippen LogP contribution in [0.2, 0.25) is 0 Å². The minimum atomic E-state index is 0. The third-order valence-electron chi connectivity index (χ3n) is 1.000. The molecule has 2 atom stereocenters. The normalized spacial score (nSPS) is 13.7. The molecule has 1 aliphatic carbocycles. The first-order chi connectivity index (χ1) is 2.00. The van der Waals surface area contributed by atoms with E-state index < -0.39 is 0 Å². The van der Waals surface area contributed by atoms with E-state index in [1.165, 1.54) is 25.7 Å². The van der Waals surface area contributed by atoms with Gasteiger partial charge in [0.05, 0.1) is 0 Å². The molecule has 1 fully saturated rings. The van der Waals surface area contributed by atoms with Crippen molar-refractivity contribution in [1.29, 1.82) is 0 Å². The lowest BCUT2D eigenvalue weighted by Gasteiger charge is -2.05. The maximum Gasteiger partial charge on any atom is -0.0533 e. The van der Waals surface area contributed by atoms with Gasteiger partial charge >= 0.3 is 0 Å². The first-order valence-electron chi connectivity index (χ1n) is 2.00. The number of rotatable bonds is 0. The zero-order chi connectivity index (χ0) is 2.83. The Morgan fingerprint density at radius 2 is 0.714 bits per heavy atom. The van der Waals surface area contributed by atoms with E-state index in [9.17, 15) is 0 Å². The number of halogens is 1. The molecule has 0 heterocycles. The van der Waals surface area contributed by atoms with E-state index >= 15 is 0 Å². The fourth-order valence-corrected chi connectivity index (χ4v) is 0.250. The van der Waals surface area contributed by atoms with E-state index in [1.54, 1.807) is 0 Å². The highest BCUT2D eigenvalue weighted by molar-refractivity contribution is 8.93. The van der Waals surface area contributed by atoms with Crippen LogP contribution in [0.3, 0.4) is 0 Å². The lowest BCUT2D eigenvalue weighted by atomic mass is 10.0. The lowest BCUT2D eigenvalue weighted by Crippen LogP contribution is -1.85. The summed E-state index contributed by atoms with van der Waals surface area (Å²) >= 11 is 0. The minimum absolute atomic E-state index is 0. The highest BCUT2D eigenvalue weighted by Gasteiger charge is 1.95. The Labute approximate surface area is 62.8 Å². The summed E-state index contributed by atoms with van der Waals surface area (Å²) in [7, 11) is 0. The molecule has 0 N–H and O–H groups in total. The Morgan fingerprint density at radius 1 is 0.571 bits per heavy atom. The topological polar surface area (TPSA) is 0 Å². The van der Waals surface area contributed by atoms with Crippen molar-refractivity contribution in [2.24, 2.45) is 0 Å². The molecule has 0 spiro atoms. The van der Waals surface area contributed by atoms with Gasteiger partial charge in [0, 0.05) is 0 Å². The predicted octanol–water partition coefficient (Wildman–Crippen LogP) is 2.25. The largest absolute Gasteiger partial charge is 0.153 e. The van der Waals surface area contributed by atoms with Crippen molar-refractivity contribution >= 4 is 36.8 Å². The summed E-state index contributed by atoms with van der Waals surface area (Å²) in [5.41, 5.74) is 0. The van der Waals surface area contributed by atoms with Gasteiger partial charge < -0.3 is 0 Å². The first-order valence-corrected chi connectivity index (χ1v) is 2.00. The third kappa shape index (κ3) is 7.34. The van der Waals surface area contributed by atoms with Gasteiger partial charge in [-0.1, -0.05) is 25.7 Å². The SMILES string of the molecule is Br.C1CCC1.P.P. The molecule has 1 aliphatic rings. The standard InChI is InChI=1S/C4H8.BrH.2H3P/c1-2-4-3-1;;;/h1-4H2;1H;2*1H3. The number of hydrogen-bond acceptors (Lipinski definition) is 0. The van der Waals surface area contributed by atoms with Gasteiger partial charge in [-0.2, -0.15) is 19.8 Å². The van der Waals surface area contributed by atoms with Crippen LogP contribution in [-0.4, -0.2) is 0 Å². The monoisotopic (exact) mass is 204 g/mol. The Morgan fingerprint density at radius 3 is 0.714 bits per heavy atom. The van der Waals surface area contributed by atoms with Crippen LogP contribution >= 0.6 is 36.8 Å². The van der Waals surface area contributed by atoms with Crippen LogP contribution in [0.5, 0.6) is 0 Å². The fraction of sp³-hybridized carbons (Fsp3) is 1.00. The molecule has 0 amide bonds. The average molecular weight is 205 g/mol. The van der Waals surface area contributed by atoms with E-state index in [0.29, 0.717) is 0 Å². The van der Waals surface area contributed by atoms with Crippen LogP contribution in [0.15, 0.2) is 0 Å². The van der Waals surface area contributed by atoms with Crippen molar-refractivity contribution in [2.75, 3.05) is 0 Å². The van der Waals surface area contributed by atoms with Gasteiger partial charge in [-0.25, -0.2) is 0 Å². The quantitative estimate of drug-likeness (QED) is 0.532. The van der Waals surface area contributed by atoms with Crippen LogP contribution in [0.25, 0.3) is 0 Å². The third-order valence-corrected chi connectivity index (χ3v) is 1.000. The molecule has 0 aromatic rings. The van der Waals surface area contributed by atoms with Crippen LogP contribution < -0.4 is 0 Å². The molecule has 1 rings (SSSR count). The van der Waals surface area contributed by atoms with Gasteiger partial charge in [-0.3, -0.25) is 0 Å². The smallest absolute Gasteiger partial charge is 0.0533 e. The summed E-state index contributed by atoms with van der Waals surface area (Å²) in [4.78, 5) is 0. The van der Waals surface area contributed by atoms with E-state index in [-0.39, 0.29) is 36.8 Å². The zero-order valence-corrected chi connectivity index (χ0v) is 9.19. The lowest BCUT2D eigenvalue weighted by molar-refractivity contribution is 0.504. The Balaban J connectivity index is -0.0000000533. The van der Waals surface area contributed by atoms with Gasteiger partial charge in [-0.05, 0) is 0 Å². The molecule has 0 bridgehead atoms. The molecule has 7 heavy (non-hydrogen) atoms. The Hall–Kier alpha value is 1.34. The summed E-state index contributed by atoms with van der Waals surface area (Å²) in [6.07, 6.45) is 6.00. The van der Waals surface area contributed by atoms with Gasteiger partial charge in [-0.15, -0.1) is 17.0 Å². The zero-order valence-electron chi connectivity index (χ0n) is 4.65. The Bertz CT molecular complexity index is 17.7. The van der Waals surface area contributed by atoms with Crippen molar-refractivity contribution in [3.05, 3.63) is 0 Å². The van der Waals surface area contributed by atoms with Crippen molar-refractivity contribution < 1.29 is 0 Å². The molecule has 2 unspecified atom stereocenters. The first kappa shape index (κ1) is 15.8. The van der Waals surface area contributed by atoms with Crippen molar-refractivity contribution in [2.45, 2.75) is 25.7 Å². The van der Waals surface area contributed by atoms with Crippen LogP contribution in [0.4, 0.5) is 0 Å². The van der Waals surface area contributed by atoms with Crippen molar-refractivity contribution in [3.63, 3.8) is 0 Å². The molecule has 0 nitrogen and oxygen atoms in total. The molecule has 1 saturated carbocycles. The average Bonchev–Trinajstić information content (AvgIpc) is 0.722. The van der Waals surface area contributed by atoms with Gasteiger partial charge in [0.2, 0.25) is 0 Å². The maximum absolute atomic E-state index is 1.50. The van der Waals surface area contributed by atoms with Gasteiger partial charge in [0.15, 0.2) is 0 Å². The van der Waals surface area contributed by atoms with Gasteiger partial charge in [0.1, 0.15) is 0 Å². The van der Waals surface area contributed by atoms with E-state index in [4.69, 9.17) is 0 Å². The molecule has 0 radical (unpaired) electrons. The molecular formula is C4H15BrP2. The second-order valence-corrected chi connectivity index (χ2v) is 1.41. The second-order valence-electron chi connectivity index (χ2n) is 1.41. The summed E-state index contributed by atoms with van der Waals surface area (Å²) in [6, 6.07) is 0. The van der Waals surface area contributed by atoms with E-state index in [0.717, 1.165) is 0 Å². The highest BCUT2D eigenvalue weighted by atomic mass is 79.9. The van der Waals surface area contributed by atoms with Gasteiger partial charge in [0.25, 0.3) is 0 Å². The molecular weight excluding hydrogens is 190 g/mol. The van der Waals surface area contributed by atoms with E-state index in [2.05, 4.69) is 0 Å². The second kappa shape index (κ2) is 10.3. The highest BCUT2D eigenvalue weighted by Crippen LogP contribution is 2.15. The molecule has 0 aliphatic heterocycles. The maximum atomic E-state index is 1.50. The Kier molecular flexibility index (Phi) is 23.3. The molecule has 0 aromatic heterocycles. The number of hydrogen-bond donors (Lipinski definition) is 0. The predicted molar refractivity (Wildman–Crippen MR) is 51.0 cm³/mol.